The Morgan fingerprint density at radius 3 is 2.67 bits per heavy atom. The Kier molecular flexibility index (Phi) is 4.55. The van der Waals surface area contributed by atoms with Crippen LogP contribution in [0.15, 0.2) is 24.3 Å². The number of ether oxygens (including phenoxy) is 2. The first kappa shape index (κ1) is 17.8. The number of aromatic nitrogens is 2. The lowest BCUT2D eigenvalue weighted by atomic mass is 10.2. The molecule has 1 atom stereocenters. The van der Waals surface area contributed by atoms with Crippen LogP contribution in [0.3, 0.4) is 0 Å². The van der Waals surface area contributed by atoms with E-state index >= 15 is 0 Å². The molecule has 144 valence electrons. The molecule has 1 fully saturated rings. The van der Waals surface area contributed by atoms with Gasteiger partial charge in [-0.05, 0) is 25.5 Å². The lowest BCUT2D eigenvalue weighted by Crippen LogP contribution is -2.33. The largest absolute Gasteiger partial charge is 0.486 e. The van der Waals surface area contributed by atoms with Crippen molar-refractivity contribution in [1.29, 1.82) is 0 Å². The molecule has 1 saturated heterocycles. The van der Waals surface area contributed by atoms with Gasteiger partial charge >= 0.3 is 0 Å². The van der Waals surface area contributed by atoms with Crippen LogP contribution < -0.4 is 19.7 Å². The number of rotatable bonds is 4. The van der Waals surface area contributed by atoms with E-state index in [4.69, 9.17) is 9.47 Å². The Bertz CT molecular complexity index is 964. The van der Waals surface area contributed by atoms with Gasteiger partial charge in [0, 0.05) is 30.9 Å². The number of aryl methyl sites for hydroxylation is 1. The van der Waals surface area contributed by atoms with E-state index in [0.717, 1.165) is 11.4 Å². The quantitative estimate of drug-likeness (QED) is 0.846. The molecule has 0 saturated carbocycles. The SMILES string of the molecule is Cc1nc(Nc2ccc3c(c2)OCCO3)cc(N(C)C2CCS(=O)(=O)C2)n1. The van der Waals surface area contributed by atoms with Gasteiger partial charge in [-0.1, -0.05) is 0 Å². The highest BCUT2D eigenvalue weighted by Gasteiger charge is 2.31. The second kappa shape index (κ2) is 6.88. The second-order valence-electron chi connectivity index (χ2n) is 6.81. The molecule has 1 aromatic heterocycles. The maximum absolute atomic E-state index is 11.8. The molecule has 0 bridgehead atoms. The van der Waals surface area contributed by atoms with E-state index in [9.17, 15) is 8.42 Å². The number of sulfone groups is 1. The number of anilines is 3. The highest BCUT2D eigenvalue weighted by molar-refractivity contribution is 7.91. The molecule has 2 aromatic rings. The van der Waals surface area contributed by atoms with Gasteiger partial charge in [0.2, 0.25) is 0 Å². The standard InChI is InChI=1S/C18H22N4O4S/c1-12-19-17(21-13-3-4-15-16(9-13)26-7-6-25-15)10-18(20-12)22(2)14-5-8-27(23,24)11-14/h3-4,9-10,14H,5-8,11H2,1-2H3,(H,19,20,21). The van der Waals surface area contributed by atoms with E-state index in [1.54, 1.807) is 0 Å². The zero-order valence-corrected chi connectivity index (χ0v) is 16.1. The number of fused-ring (bicyclic) bond motifs is 1. The minimum Gasteiger partial charge on any atom is -0.486 e. The van der Waals surface area contributed by atoms with E-state index in [0.29, 0.717) is 42.8 Å². The van der Waals surface area contributed by atoms with Crippen molar-refractivity contribution in [2.45, 2.75) is 19.4 Å². The van der Waals surface area contributed by atoms with Crippen molar-refractivity contribution in [3.63, 3.8) is 0 Å². The summed E-state index contributed by atoms with van der Waals surface area (Å²) in [6.07, 6.45) is 0.618. The topological polar surface area (TPSA) is 93.7 Å². The van der Waals surface area contributed by atoms with Gasteiger partial charge in [-0.25, -0.2) is 18.4 Å². The molecule has 8 nitrogen and oxygen atoms in total. The summed E-state index contributed by atoms with van der Waals surface area (Å²) in [5.74, 6) is 3.78. The third kappa shape index (κ3) is 3.92. The van der Waals surface area contributed by atoms with Crippen LogP contribution in [-0.2, 0) is 9.84 Å². The number of nitrogens with zero attached hydrogens (tertiary/aromatic N) is 3. The van der Waals surface area contributed by atoms with Gasteiger partial charge in [-0.15, -0.1) is 0 Å². The molecule has 1 aromatic carbocycles. The fourth-order valence-corrected chi connectivity index (χ4v) is 5.11. The molecule has 0 radical (unpaired) electrons. The monoisotopic (exact) mass is 390 g/mol. The first-order valence-electron chi connectivity index (χ1n) is 8.85. The fraction of sp³-hybridized carbons (Fsp3) is 0.444. The molecule has 0 spiro atoms. The summed E-state index contributed by atoms with van der Waals surface area (Å²) in [4.78, 5) is 10.8. The summed E-state index contributed by atoms with van der Waals surface area (Å²) in [5, 5.41) is 3.27. The van der Waals surface area contributed by atoms with Gasteiger partial charge in [-0.2, -0.15) is 0 Å². The highest BCUT2D eigenvalue weighted by Crippen LogP contribution is 2.33. The van der Waals surface area contributed by atoms with E-state index in [1.807, 2.05) is 43.1 Å². The van der Waals surface area contributed by atoms with E-state index in [2.05, 4.69) is 15.3 Å². The highest BCUT2D eigenvalue weighted by atomic mass is 32.2. The Labute approximate surface area is 158 Å². The van der Waals surface area contributed by atoms with Crippen LogP contribution in [0.1, 0.15) is 12.2 Å². The van der Waals surface area contributed by atoms with Crippen LogP contribution in [0.5, 0.6) is 11.5 Å². The van der Waals surface area contributed by atoms with Gasteiger partial charge < -0.3 is 19.7 Å². The maximum Gasteiger partial charge on any atom is 0.163 e. The minimum absolute atomic E-state index is 0.0635. The maximum atomic E-state index is 11.8. The van der Waals surface area contributed by atoms with Crippen molar-refractivity contribution in [3.8, 4) is 11.5 Å². The van der Waals surface area contributed by atoms with Crippen molar-refractivity contribution in [3.05, 3.63) is 30.1 Å². The van der Waals surface area contributed by atoms with Crippen LogP contribution in [-0.4, -0.2) is 56.2 Å². The zero-order chi connectivity index (χ0) is 19.0. The molecule has 0 amide bonds. The van der Waals surface area contributed by atoms with Gasteiger partial charge in [0.15, 0.2) is 21.3 Å². The van der Waals surface area contributed by atoms with Crippen LogP contribution in [0.25, 0.3) is 0 Å². The normalized spacial score (nSPS) is 20.3. The van der Waals surface area contributed by atoms with Crippen LogP contribution in [0.2, 0.25) is 0 Å². The molecule has 2 aliphatic heterocycles. The summed E-state index contributed by atoms with van der Waals surface area (Å²) >= 11 is 0. The lowest BCUT2D eigenvalue weighted by Gasteiger charge is -2.25. The molecule has 4 rings (SSSR count). The summed E-state index contributed by atoms with van der Waals surface area (Å²) in [6, 6.07) is 7.40. The Morgan fingerprint density at radius 1 is 1.15 bits per heavy atom. The van der Waals surface area contributed by atoms with Crippen LogP contribution in [0, 0.1) is 6.92 Å². The molecule has 1 N–H and O–H groups in total. The third-order valence-electron chi connectivity index (χ3n) is 4.76. The molecule has 3 heterocycles. The van der Waals surface area contributed by atoms with Crippen LogP contribution >= 0.6 is 0 Å². The Hall–Kier alpha value is -2.55. The van der Waals surface area contributed by atoms with Gasteiger partial charge in [0.25, 0.3) is 0 Å². The summed E-state index contributed by atoms with van der Waals surface area (Å²) in [7, 11) is -1.08. The Balaban J connectivity index is 1.56. The molecular formula is C18H22N4O4S. The summed E-state index contributed by atoms with van der Waals surface area (Å²) in [5.41, 5.74) is 0.828. The average Bonchev–Trinajstić information content (AvgIpc) is 3.00. The van der Waals surface area contributed by atoms with Crippen molar-refractivity contribution in [2.24, 2.45) is 0 Å². The molecular weight excluding hydrogens is 368 g/mol. The fourth-order valence-electron chi connectivity index (χ4n) is 3.33. The summed E-state index contributed by atoms with van der Waals surface area (Å²) in [6.45, 7) is 2.90. The molecule has 1 unspecified atom stereocenters. The van der Waals surface area contributed by atoms with E-state index in [-0.39, 0.29) is 17.5 Å². The zero-order valence-electron chi connectivity index (χ0n) is 15.3. The van der Waals surface area contributed by atoms with Gasteiger partial charge in [0.1, 0.15) is 30.7 Å². The minimum atomic E-state index is -2.95. The number of nitrogens with one attached hydrogen (secondary N) is 1. The molecule has 9 heteroatoms. The van der Waals surface area contributed by atoms with Gasteiger partial charge in [0.05, 0.1) is 11.5 Å². The predicted octanol–water partition coefficient (Wildman–Crippen LogP) is 1.92. The van der Waals surface area contributed by atoms with Gasteiger partial charge in [-0.3, -0.25) is 0 Å². The molecule has 27 heavy (non-hydrogen) atoms. The molecule has 2 aliphatic rings. The van der Waals surface area contributed by atoms with Crippen molar-refractivity contribution >= 4 is 27.2 Å². The molecule has 0 aliphatic carbocycles. The van der Waals surface area contributed by atoms with E-state index in [1.165, 1.54) is 0 Å². The smallest absolute Gasteiger partial charge is 0.163 e. The van der Waals surface area contributed by atoms with Crippen LogP contribution in [0.4, 0.5) is 17.3 Å². The van der Waals surface area contributed by atoms with Crippen molar-refractivity contribution < 1.29 is 17.9 Å². The first-order chi connectivity index (χ1) is 12.9. The van der Waals surface area contributed by atoms with Crippen molar-refractivity contribution in [2.75, 3.05) is 42.0 Å². The number of benzene rings is 1. The van der Waals surface area contributed by atoms with E-state index < -0.39 is 9.84 Å². The number of hydrogen-bond acceptors (Lipinski definition) is 8. The number of hydrogen-bond donors (Lipinski definition) is 1. The average molecular weight is 390 g/mol. The van der Waals surface area contributed by atoms with Crippen molar-refractivity contribution in [1.82, 2.24) is 9.97 Å². The summed E-state index contributed by atoms with van der Waals surface area (Å²) < 4.78 is 34.7. The lowest BCUT2D eigenvalue weighted by molar-refractivity contribution is 0.171. The Morgan fingerprint density at radius 2 is 1.93 bits per heavy atom. The second-order valence-corrected chi connectivity index (χ2v) is 9.04. The predicted molar refractivity (Wildman–Crippen MR) is 103 cm³/mol. The third-order valence-corrected chi connectivity index (χ3v) is 6.51. The first-order valence-corrected chi connectivity index (χ1v) is 10.7.